The number of hydrogen-bond acceptors (Lipinski definition) is 3. The zero-order valence-electron chi connectivity index (χ0n) is 11.3. The fourth-order valence-electron chi connectivity index (χ4n) is 4.69. The van der Waals surface area contributed by atoms with Crippen molar-refractivity contribution in [3.8, 4) is 0 Å². The van der Waals surface area contributed by atoms with Crippen molar-refractivity contribution in [3.63, 3.8) is 0 Å². The Kier molecular flexibility index (Phi) is 2.19. The molecule has 102 valence electrons. The van der Waals surface area contributed by atoms with Gasteiger partial charge in [-0.3, -0.25) is 0 Å². The molecule has 0 aliphatic heterocycles. The van der Waals surface area contributed by atoms with E-state index < -0.39 is 5.97 Å². The maximum atomic E-state index is 11.2. The Bertz CT molecular complexity index is 532. The Labute approximate surface area is 112 Å². The molecule has 3 fully saturated rings. The highest BCUT2D eigenvalue weighted by Gasteiger charge is 2.67. The van der Waals surface area contributed by atoms with Gasteiger partial charge in [0.05, 0.1) is 5.69 Å². The Balaban J connectivity index is 1.67. The molecule has 3 saturated carbocycles. The van der Waals surface area contributed by atoms with Crippen LogP contribution in [0.3, 0.4) is 0 Å². The fraction of sp³-hybridized carbons (Fsp3) is 0.733. The predicted octanol–water partition coefficient (Wildman–Crippen LogP) is 3.26. The zero-order chi connectivity index (χ0) is 13.3. The highest BCUT2D eigenvalue weighted by molar-refractivity contribution is 5.85. The molecule has 3 aliphatic carbocycles. The third-order valence-electron chi connectivity index (χ3n) is 5.43. The first-order valence-electron chi connectivity index (χ1n) is 7.31. The number of carboxylic acids is 1. The summed E-state index contributed by atoms with van der Waals surface area (Å²) < 4.78 is 5.61. The van der Waals surface area contributed by atoms with Crippen LogP contribution in [-0.4, -0.2) is 16.1 Å². The van der Waals surface area contributed by atoms with E-state index in [1.807, 2.05) is 13.8 Å². The van der Waals surface area contributed by atoms with Crippen LogP contribution in [0.2, 0.25) is 0 Å². The van der Waals surface area contributed by atoms with E-state index in [4.69, 9.17) is 4.42 Å². The van der Waals surface area contributed by atoms with Gasteiger partial charge in [-0.25, -0.2) is 9.78 Å². The molecular weight excluding hydrogens is 242 g/mol. The van der Waals surface area contributed by atoms with Crippen molar-refractivity contribution in [2.45, 2.75) is 44.9 Å². The molecule has 1 aromatic rings. The Morgan fingerprint density at radius 3 is 2.42 bits per heavy atom. The van der Waals surface area contributed by atoms with Crippen molar-refractivity contribution >= 4 is 5.97 Å². The quantitative estimate of drug-likeness (QED) is 0.907. The minimum atomic E-state index is -0.990. The number of aromatic nitrogens is 1. The van der Waals surface area contributed by atoms with Crippen molar-refractivity contribution in [2.75, 3.05) is 0 Å². The summed E-state index contributed by atoms with van der Waals surface area (Å²) in [5.41, 5.74) is 0.611. The highest BCUT2D eigenvalue weighted by Crippen LogP contribution is 2.73. The van der Waals surface area contributed by atoms with E-state index in [1.54, 1.807) is 0 Å². The van der Waals surface area contributed by atoms with E-state index >= 15 is 0 Å². The minimum Gasteiger partial charge on any atom is -0.475 e. The van der Waals surface area contributed by atoms with Gasteiger partial charge in [0, 0.05) is 5.92 Å². The van der Waals surface area contributed by atoms with Crippen LogP contribution in [0.1, 0.15) is 67.1 Å². The van der Waals surface area contributed by atoms with E-state index in [0.29, 0.717) is 17.5 Å². The molecule has 0 radical (unpaired) electrons. The molecule has 4 rings (SSSR count). The first kappa shape index (κ1) is 11.5. The molecule has 1 heterocycles. The number of carboxylic acid groups (broad SMARTS) is 1. The molecule has 3 aliphatic rings. The summed E-state index contributed by atoms with van der Waals surface area (Å²) in [4.78, 5) is 15.8. The maximum Gasteiger partial charge on any atom is 0.373 e. The predicted molar refractivity (Wildman–Crippen MR) is 68.1 cm³/mol. The van der Waals surface area contributed by atoms with E-state index in [0.717, 1.165) is 23.7 Å². The van der Waals surface area contributed by atoms with Crippen molar-refractivity contribution in [1.29, 1.82) is 0 Å². The molecule has 1 N–H and O–H groups in total. The lowest BCUT2D eigenvalue weighted by molar-refractivity contribution is 0.0658. The average molecular weight is 261 g/mol. The van der Waals surface area contributed by atoms with E-state index in [1.165, 1.54) is 19.3 Å². The van der Waals surface area contributed by atoms with Gasteiger partial charge >= 0.3 is 5.97 Å². The molecule has 0 saturated heterocycles. The normalized spacial score (nSPS) is 38.8. The Hall–Kier alpha value is -1.32. The van der Waals surface area contributed by atoms with Crippen LogP contribution in [-0.2, 0) is 0 Å². The van der Waals surface area contributed by atoms with Crippen LogP contribution in [0, 0.1) is 23.7 Å². The maximum absolute atomic E-state index is 11.2. The van der Waals surface area contributed by atoms with Gasteiger partial charge in [0.2, 0.25) is 5.76 Å². The van der Waals surface area contributed by atoms with Crippen LogP contribution in [0.4, 0.5) is 0 Å². The molecule has 4 nitrogen and oxygen atoms in total. The number of hydrogen-bond donors (Lipinski definition) is 1. The third kappa shape index (κ3) is 1.46. The monoisotopic (exact) mass is 261 g/mol. The largest absolute Gasteiger partial charge is 0.475 e. The minimum absolute atomic E-state index is 0.0577. The second-order valence-corrected chi connectivity index (χ2v) is 6.74. The molecule has 0 spiro atoms. The Morgan fingerprint density at radius 1 is 1.32 bits per heavy atom. The molecule has 4 atom stereocenters. The summed E-state index contributed by atoms with van der Waals surface area (Å²) in [5.74, 6) is 3.45. The zero-order valence-corrected chi connectivity index (χ0v) is 11.3. The SMILES string of the molecule is CC(C)c1nc(C2C3C4CCC(C4)C23)oc1C(=O)O. The first-order chi connectivity index (χ1) is 9.08. The molecule has 4 heteroatoms. The van der Waals surface area contributed by atoms with Crippen molar-refractivity contribution < 1.29 is 14.3 Å². The number of fused-ring (bicyclic) bond motifs is 5. The lowest BCUT2D eigenvalue weighted by Crippen LogP contribution is -2.01. The van der Waals surface area contributed by atoms with Gasteiger partial charge in [0.25, 0.3) is 0 Å². The van der Waals surface area contributed by atoms with Crippen molar-refractivity contribution in [3.05, 3.63) is 17.3 Å². The van der Waals surface area contributed by atoms with Gasteiger partial charge in [-0.15, -0.1) is 0 Å². The van der Waals surface area contributed by atoms with Crippen molar-refractivity contribution in [2.24, 2.45) is 23.7 Å². The molecule has 1 aromatic heterocycles. The van der Waals surface area contributed by atoms with Crippen LogP contribution in [0.15, 0.2) is 4.42 Å². The molecule has 19 heavy (non-hydrogen) atoms. The summed E-state index contributed by atoms with van der Waals surface area (Å²) in [6.07, 6.45) is 4.09. The summed E-state index contributed by atoms with van der Waals surface area (Å²) in [6, 6.07) is 0. The Morgan fingerprint density at radius 2 is 1.95 bits per heavy atom. The molecular formula is C15H19NO3. The fourth-order valence-corrected chi connectivity index (χ4v) is 4.69. The lowest BCUT2D eigenvalue weighted by Gasteiger charge is -2.04. The molecule has 0 aromatic carbocycles. The molecule has 4 unspecified atom stereocenters. The van der Waals surface area contributed by atoms with E-state index in [9.17, 15) is 9.90 Å². The van der Waals surface area contributed by atoms with E-state index in [-0.39, 0.29) is 11.7 Å². The topological polar surface area (TPSA) is 63.3 Å². The van der Waals surface area contributed by atoms with Crippen molar-refractivity contribution in [1.82, 2.24) is 4.98 Å². The number of nitrogens with zero attached hydrogens (tertiary/aromatic N) is 1. The number of carbonyl (C=O) groups is 1. The first-order valence-corrected chi connectivity index (χ1v) is 7.31. The number of aromatic carboxylic acids is 1. The van der Waals surface area contributed by atoms with Gasteiger partial charge in [-0.1, -0.05) is 13.8 Å². The third-order valence-corrected chi connectivity index (χ3v) is 5.43. The standard InChI is InChI=1S/C15H19NO3/c1-6(2)12-13(15(17)18)19-14(16-12)11-9-7-3-4-8(5-7)10(9)11/h6-11H,3-5H2,1-2H3,(H,17,18). The van der Waals surface area contributed by atoms with Gasteiger partial charge in [-0.05, 0) is 48.9 Å². The van der Waals surface area contributed by atoms with Gasteiger partial charge in [0.1, 0.15) is 0 Å². The second kappa shape index (κ2) is 3.62. The lowest BCUT2D eigenvalue weighted by atomic mass is 10.0. The highest BCUT2D eigenvalue weighted by atomic mass is 16.4. The second-order valence-electron chi connectivity index (χ2n) is 6.74. The van der Waals surface area contributed by atoms with Gasteiger partial charge in [0.15, 0.2) is 5.89 Å². The number of oxazole rings is 1. The van der Waals surface area contributed by atoms with Crippen LogP contribution in [0.25, 0.3) is 0 Å². The van der Waals surface area contributed by atoms with E-state index in [2.05, 4.69) is 4.98 Å². The average Bonchev–Trinajstić information content (AvgIpc) is 2.77. The molecule has 2 bridgehead atoms. The number of rotatable bonds is 3. The van der Waals surface area contributed by atoms with Gasteiger partial charge < -0.3 is 9.52 Å². The summed E-state index contributed by atoms with van der Waals surface area (Å²) in [6.45, 7) is 3.93. The summed E-state index contributed by atoms with van der Waals surface area (Å²) >= 11 is 0. The molecule has 0 amide bonds. The summed E-state index contributed by atoms with van der Waals surface area (Å²) in [5, 5.41) is 9.22. The van der Waals surface area contributed by atoms with Crippen LogP contribution < -0.4 is 0 Å². The van der Waals surface area contributed by atoms with Crippen LogP contribution in [0.5, 0.6) is 0 Å². The van der Waals surface area contributed by atoms with Crippen LogP contribution >= 0.6 is 0 Å². The smallest absolute Gasteiger partial charge is 0.373 e. The van der Waals surface area contributed by atoms with Gasteiger partial charge in [-0.2, -0.15) is 0 Å². The summed E-state index contributed by atoms with van der Waals surface area (Å²) in [7, 11) is 0.